The van der Waals surface area contributed by atoms with Crippen molar-refractivity contribution < 1.29 is 4.39 Å². The zero-order chi connectivity index (χ0) is 13.1. The summed E-state index contributed by atoms with van der Waals surface area (Å²) in [4.78, 5) is 0. The van der Waals surface area contributed by atoms with Gasteiger partial charge in [0.15, 0.2) is 0 Å². The maximum Gasteiger partial charge on any atom is 0.123 e. The lowest BCUT2D eigenvalue weighted by Crippen LogP contribution is -2.31. The van der Waals surface area contributed by atoms with Crippen LogP contribution in [-0.4, -0.2) is 9.78 Å². The minimum Gasteiger partial charge on any atom is -0.398 e. The van der Waals surface area contributed by atoms with Gasteiger partial charge in [0.1, 0.15) is 5.82 Å². The second-order valence-corrected chi connectivity index (χ2v) is 3.94. The Labute approximate surface area is 105 Å². The van der Waals surface area contributed by atoms with Crippen LogP contribution in [-0.2, 0) is 6.54 Å². The minimum absolute atomic E-state index is 0.345. The van der Waals surface area contributed by atoms with Gasteiger partial charge in [0.05, 0.1) is 11.7 Å². The Morgan fingerprint density at radius 2 is 2.22 bits per heavy atom. The molecule has 0 spiro atoms. The van der Waals surface area contributed by atoms with E-state index in [0.717, 1.165) is 5.69 Å². The van der Waals surface area contributed by atoms with Crippen molar-refractivity contribution >= 4 is 5.69 Å². The first-order valence-corrected chi connectivity index (χ1v) is 5.70. The lowest BCUT2D eigenvalue weighted by Gasteiger charge is -2.19. The van der Waals surface area contributed by atoms with Crippen LogP contribution >= 0.6 is 0 Å². The molecule has 0 fully saturated rings. The number of hydrogen-bond donors (Lipinski definition) is 3. The fourth-order valence-corrected chi connectivity index (χ4v) is 1.98. The number of nitrogens with one attached hydrogen (secondary N) is 1. The molecule has 96 valence electrons. The number of halogens is 1. The molecule has 2 rings (SSSR count). The Balaban J connectivity index is 2.48. The number of anilines is 1. The predicted molar refractivity (Wildman–Crippen MR) is 67.9 cm³/mol. The lowest BCUT2D eigenvalue weighted by atomic mass is 10.0. The summed E-state index contributed by atoms with van der Waals surface area (Å²) >= 11 is 0. The highest BCUT2D eigenvalue weighted by Crippen LogP contribution is 2.26. The molecule has 2 aromatic rings. The van der Waals surface area contributed by atoms with Crippen LogP contribution in [0.1, 0.15) is 24.2 Å². The summed E-state index contributed by atoms with van der Waals surface area (Å²) in [5.41, 5.74) is 10.5. The van der Waals surface area contributed by atoms with E-state index in [-0.39, 0.29) is 11.9 Å². The molecule has 18 heavy (non-hydrogen) atoms. The molecule has 0 aliphatic rings. The number of nitrogens with zero attached hydrogens (tertiary/aromatic N) is 2. The maximum atomic E-state index is 13.3. The zero-order valence-electron chi connectivity index (χ0n) is 10.1. The van der Waals surface area contributed by atoms with Crippen molar-refractivity contribution in [3.63, 3.8) is 0 Å². The molecule has 1 heterocycles. The van der Waals surface area contributed by atoms with E-state index >= 15 is 0 Å². The summed E-state index contributed by atoms with van der Waals surface area (Å²) in [6.45, 7) is 2.68. The van der Waals surface area contributed by atoms with Crippen LogP contribution in [0.3, 0.4) is 0 Å². The van der Waals surface area contributed by atoms with E-state index in [4.69, 9.17) is 11.6 Å². The second kappa shape index (κ2) is 5.16. The number of nitrogens with two attached hydrogens (primary N) is 2. The van der Waals surface area contributed by atoms with Crippen molar-refractivity contribution in [2.75, 3.05) is 5.73 Å². The highest BCUT2D eigenvalue weighted by atomic mass is 19.1. The van der Waals surface area contributed by atoms with E-state index in [1.807, 2.05) is 13.0 Å². The molecule has 0 aliphatic carbocycles. The number of aromatic nitrogens is 2. The monoisotopic (exact) mass is 249 g/mol. The molecule has 0 radical (unpaired) electrons. The van der Waals surface area contributed by atoms with Crippen molar-refractivity contribution in [1.82, 2.24) is 15.2 Å². The van der Waals surface area contributed by atoms with Gasteiger partial charge in [-0.3, -0.25) is 10.5 Å². The third-order valence-electron chi connectivity index (χ3n) is 2.87. The van der Waals surface area contributed by atoms with Crippen molar-refractivity contribution in [2.24, 2.45) is 5.84 Å². The van der Waals surface area contributed by atoms with E-state index in [0.29, 0.717) is 17.8 Å². The average Bonchev–Trinajstić information content (AvgIpc) is 2.83. The molecule has 1 aromatic heterocycles. The molecule has 0 amide bonds. The molecule has 1 unspecified atom stereocenters. The van der Waals surface area contributed by atoms with Crippen molar-refractivity contribution in [1.29, 1.82) is 0 Å². The van der Waals surface area contributed by atoms with E-state index in [9.17, 15) is 4.39 Å². The normalized spacial score (nSPS) is 12.6. The van der Waals surface area contributed by atoms with E-state index in [2.05, 4.69) is 10.5 Å². The third-order valence-corrected chi connectivity index (χ3v) is 2.87. The lowest BCUT2D eigenvalue weighted by molar-refractivity contribution is 0.540. The Kier molecular flexibility index (Phi) is 3.59. The molecule has 0 saturated carbocycles. The fourth-order valence-electron chi connectivity index (χ4n) is 1.98. The molecular weight excluding hydrogens is 233 g/mol. The van der Waals surface area contributed by atoms with Gasteiger partial charge in [0.2, 0.25) is 0 Å². The SMILES string of the molecule is CCn1nccc1C(NN)c1cc(F)ccc1N. The molecule has 6 heteroatoms. The summed E-state index contributed by atoms with van der Waals surface area (Å²) in [6, 6.07) is 5.68. The van der Waals surface area contributed by atoms with Gasteiger partial charge >= 0.3 is 0 Å². The Bertz CT molecular complexity index is 537. The van der Waals surface area contributed by atoms with Crippen LogP contribution in [0.4, 0.5) is 10.1 Å². The molecule has 1 atom stereocenters. The average molecular weight is 249 g/mol. The molecule has 1 aromatic carbocycles. The first kappa shape index (κ1) is 12.5. The van der Waals surface area contributed by atoms with E-state index in [1.54, 1.807) is 10.9 Å². The summed E-state index contributed by atoms with van der Waals surface area (Å²) in [6.07, 6.45) is 1.68. The topological polar surface area (TPSA) is 81.9 Å². The third kappa shape index (κ3) is 2.20. The van der Waals surface area contributed by atoms with E-state index in [1.165, 1.54) is 18.2 Å². The van der Waals surface area contributed by atoms with Gasteiger partial charge in [-0.2, -0.15) is 5.10 Å². The predicted octanol–water partition coefficient (Wildman–Crippen LogP) is 1.18. The zero-order valence-corrected chi connectivity index (χ0v) is 10.1. The van der Waals surface area contributed by atoms with Crippen LogP contribution in [0.5, 0.6) is 0 Å². The summed E-state index contributed by atoms with van der Waals surface area (Å²) < 4.78 is 15.1. The van der Waals surface area contributed by atoms with Gasteiger partial charge in [-0.25, -0.2) is 9.82 Å². The minimum atomic E-state index is -0.386. The molecule has 5 nitrogen and oxygen atoms in total. The van der Waals surface area contributed by atoms with Gasteiger partial charge in [-0.05, 0) is 31.2 Å². The Morgan fingerprint density at radius 1 is 1.44 bits per heavy atom. The van der Waals surface area contributed by atoms with Gasteiger partial charge in [-0.1, -0.05) is 0 Å². The Morgan fingerprint density at radius 3 is 2.89 bits per heavy atom. The van der Waals surface area contributed by atoms with Crippen molar-refractivity contribution in [3.8, 4) is 0 Å². The van der Waals surface area contributed by atoms with Crippen molar-refractivity contribution in [2.45, 2.75) is 19.5 Å². The smallest absolute Gasteiger partial charge is 0.123 e. The van der Waals surface area contributed by atoms with Crippen LogP contribution in [0.25, 0.3) is 0 Å². The van der Waals surface area contributed by atoms with Gasteiger partial charge < -0.3 is 5.73 Å². The van der Waals surface area contributed by atoms with Crippen LogP contribution in [0.15, 0.2) is 30.5 Å². The standard InChI is InChI=1S/C12H16FN5/c1-2-18-11(5-6-16-18)12(17-15)9-7-8(13)3-4-10(9)14/h3-7,12,17H,2,14-15H2,1H3. The highest BCUT2D eigenvalue weighted by Gasteiger charge is 2.19. The van der Waals surface area contributed by atoms with Crippen LogP contribution in [0, 0.1) is 5.82 Å². The van der Waals surface area contributed by atoms with Crippen molar-refractivity contribution in [3.05, 3.63) is 47.5 Å². The highest BCUT2D eigenvalue weighted by molar-refractivity contribution is 5.50. The second-order valence-electron chi connectivity index (χ2n) is 3.94. The summed E-state index contributed by atoms with van der Waals surface area (Å²) in [5.74, 6) is 5.22. The summed E-state index contributed by atoms with van der Waals surface area (Å²) in [7, 11) is 0. The Hall–Kier alpha value is -1.92. The number of hydrazine groups is 1. The first-order chi connectivity index (χ1) is 8.67. The molecular formula is C12H16FN5. The maximum absolute atomic E-state index is 13.3. The van der Waals surface area contributed by atoms with Gasteiger partial charge in [-0.15, -0.1) is 0 Å². The molecule has 0 aliphatic heterocycles. The fraction of sp³-hybridized carbons (Fsp3) is 0.250. The first-order valence-electron chi connectivity index (χ1n) is 5.70. The van der Waals surface area contributed by atoms with Crippen LogP contribution < -0.4 is 17.0 Å². The number of hydrogen-bond acceptors (Lipinski definition) is 4. The van der Waals surface area contributed by atoms with Gasteiger partial charge in [0.25, 0.3) is 0 Å². The number of rotatable bonds is 4. The number of nitrogen functional groups attached to an aromatic ring is 1. The number of benzene rings is 1. The van der Waals surface area contributed by atoms with E-state index < -0.39 is 0 Å². The largest absolute Gasteiger partial charge is 0.398 e. The molecule has 0 saturated heterocycles. The van der Waals surface area contributed by atoms with Gasteiger partial charge in [0, 0.05) is 24.0 Å². The number of aryl methyl sites for hydroxylation is 1. The summed E-state index contributed by atoms with van der Waals surface area (Å²) in [5, 5.41) is 4.17. The molecule has 5 N–H and O–H groups in total. The quantitative estimate of drug-likeness (QED) is 0.431. The molecule has 0 bridgehead atoms. The van der Waals surface area contributed by atoms with Crippen LogP contribution in [0.2, 0.25) is 0 Å².